The van der Waals surface area contributed by atoms with Gasteiger partial charge >= 0.3 is 0 Å². The van der Waals surface area contributed by atoms with Crippen LogP contribution in [0.3, 0.4) is 0 Å². The van der Waals surface area contributed by atoms with Crippen molar-refractivity contribution in [1.82, 2.24) is 9.29 Å². The molecule has 15 heavy (non-hydrogen) atoms. The van der Waals surface area contributed by atoms with Gasteiger partial charge in [0.05, 0.1) is 0 Å². The van der Waals surface area contributed by atoms with Crippen LogP contribution < -0.4 is 0 Å². The Morgan fingerprint density at radius 2 is 2.33 bits per heavy atom. The zero-order chi connectivity index (χ0) is 10.9. The molecule has 0 aliphatic carbocycles. The summed E-state index contributed by atoms with van der Waals surface area (Å²) in [5.74, 6) is 0. The second-order valence-electron chi connectivity index (χ2n) is 3.40. The van der Waals surface area contributed by atoms with Gasteiger partial charge in [-0.2, -0.15) is 4.31 Å². The summed E-state index contributed by atoms with van der Waals surface area (Å²) in [6.45, 7) is 4.20. The third-order valence-corrected chi connectivity index (χ3v) is 3.95. The summed E-state index contributed by atoms with van der Waals surface area (Å²) < 4.78 is 24.5. The summed E-state index contributed by atoms with van der Waals surface area (Å²) in [7, 11) is -3.29. The Hall–Kier alpha value is -1.20. The minimum Gasteiger partial charge on any atom is -0.261 e. The fraction of sp³-hybridized carbons (Fsp3) is 0.300. The number of aromatic nitrogens is 1. The molecule has 1 aliphatic heterocycles. The first-order valence-corrected chi connectivity index (χ1v) is 6.19. The van der Waals surface area contributed by atoms with Crippen molar-refractivity contribution in [2.24, 2.45) is 0 Å². The van der Waals surface area contributed by atoms with Crippen molar-refractivity contribution in [3.8, 4) is 0 Å². The number of rotatable bonds is 2. The third-order valence-electron chi connectivity index (χ3n) is 2.50. The van der Waals surface area contributed by atoms with Crippen LogP contribution in [0.4, 0.5) is 0 Å². The van der Waals surface area contributed by atoms with Crippen molar-refractivity contribution in [3.63, 3.8) is 0 Å². The van der Waals surface area contributed by atoms with Crippen LogP contribution in [0.15, 0.2) is 30.3 Å². The van der Waals surface area contributed by atoms with Crippen LogP contribution >= 0.6 is 0 Å². The molecule has 80 valence electrons. The normalized spacial score (nSPS) is 17.1. The molecule has 1 aliphatic rings. The SMILES string of the molecule is C=CS(=O)(=O)N1CCc2ncccc2C1. The second kappa shape index (κ2) is 3.75. The van der Waals surface area contributed by atoms with Crippen LogP contribution in [0.25, 0.3) is 0 Å². The first-order chi connectivity index (χ1) is 7.13. The van der Waals surface area contributed by atoms with Gasteiger partial charge in [0.15, 0.2) is 0 Å². The maximum absolute atomic E-state index is 11.6. The van der Waals surface area contributed by atoms with Crippen molar-refractivity contribution in [3.05, 3.63) is 41.6 Å². The molecule has 2 heterocycles. The highest BCUT2D eigenvalue weighted by molar-refractivity contribution is 7.91. The van der Waals surface area contributed by atoms with E-state index in [-0.39, 0.29) is 0 Å². The van der Waals surface area contributed by atoms with E-state index < -0.39 is 10.0 Å². The molecule has 0 unspecified atom stereocenters. The minimum atomic E-state index is -3.29. The summed E-state index contributed by atoms with van der Waals surface area (Å²) >= 11 is 0. The molecule has 2 rings (SSSR count). The van der Waals surface area contributed by atoms with E-state index in [4.69, 9.17) is 0 Å². The van der Waals surface area contributed by atoms with Crippen molar-refractivity contribution in [2.75, 3.05) is 6.54 Å². The van der Waals surface area contributed by atoms with Gasteiger partial charge in [0.25, 0.3) is 0 Å². The van der Waals surface area contributed by atoms with Gasteiger partial charge in [0.2, 0.25) is 10.0 Å². The molecular weight excluding hydrogens is 212 g/mol. The van der Waals surface area contributed by atoms with Crippen LogP contribution in [-0.4, -0.2) is 24.3 Å². The van der Waals surface area contributed by atoms with Crippen molar-refractivity contribution in [1.29, 1.82) is 0 Å². The molecule has 0 aromatic carbocycles. The highest BCUT2D eigenvalue weighted by atomic mass is 32.2. The van der Waals surface area contributed by atoms with Gasteiger partial charge in [-0.15, -0.1) is 0 Å². The van der Waals surface area contributed by atoms with Crippen molar-refractivity contribution >= 4 is 10.0 Å². The lowest BCUT2D eigenvalue weighted by Crippen LogP contribution is -2.34. The first-order valence-electron chi connectivity index (χ1n) is 4.69. The van der Waals surface area contributed by atoms with Crippen LogP contribution in [0.5, 0.6) is 0 Å². The topological polar surface area (TPSA) is 50.3 Å². The Kier molecular flexibility index (Phi) is 2.58. The number of fused-ring (bicyclic) bond motifs is 1. The Morgan fingerprint density at radius 1 is 1.53 bits per heavy atom. The average Bonchev–Trinajstić information content (AvgIpc) is 2.28. The zero-order valence-corrected chi connectivity index (χ0v) is 9.07. The number of hydrogen-bond donors (Lipinski definition) is 0. The second-order valence-corrected chi connectivity index (χ2v) is 5.28. The molecule has 0 atom stereocenters. The molecule has 1 aromatic heterocycles. The Morgan fingerprint density at radius 3 is 3.07 bits per heavy atom. The van der Waals surface area contributed by atoms with Gasteiger partial charge in [-0.3, -0.25) is 4.98 Å². The monoisotopic (exact) mass is 224 g/mol. The highest BCUT2D eigenvalue weighted by Crippen LogP contribution is 2.19. The van der Waals surface area contributed by atoms with Gasteiger partial charge in [-0.1, -0.05) is 12.6 Å². The molecule has 1 aromatic rings. The highest BCUT2D eigenvalue weighted by Gasteiger charge is 2.24. The van der Waals surface area contributed by atoms with E-state index in [2.05, 4.69) is 11.6 Å². The lowest BCUT2D eigenvalue weighted by molar-refractivity contribution is 0.393. The number of sulfonamides is 1. The van der Waals surface area contributed by atoms with Gasteiger partial charge in [-0.05, 0) is 11.6 Å². The van der Waals surface area contributed by atoms with Crippen LogP contribution in [-0.2, 0) is 23.0 Å². The summed E-state index contributed by atoms with van der Waals surface area (Å²) in [4.78, 5) is 4.21. The standard InChI is InChI=1S/C10H12N2O2S/c1-2-15(13,14)12-7-5-10-9(8-12)4-3-6-11-10/h2-4,6H,1,5,7-8H2. The van der Waals surface area contributed by atoms with Crippen LogP contribution in [0, 0.1) is 0 Å². The predicted octanol–water partition coefficient (Wildman–Crippen LogP) is 0.913. The molecule has 0 radical (unpaired) electrons. The van der Waals surface area contributed by atoms with Crippen LogP contribution in [0.1, 0.15) is 11.3 Å². The molecule has 0 amide bonds. The summed E-state index contributed by atoms with van der Waals surface area (Å²) in [6, 6.07) is 3.73. The molecule has 0 bridgehead atoms. The molecule has 0 saturated carbocycles. The average molecular weight is 224 g/mol. The molecule has 0 saturated heterocycles. The summed E-state index contributed by atoms with van der Waals surface area (Å²) in [5.41, 5.74) is 1.97. The fourth-order valence-electron chi connectivity index (χ4n) is 1.66. The molecular formula is C10H12N2O2S. The molecule has 4 nitrogen and oxygen atoms in total. The van der Waals surface area contributed by atoms with E-state index in [1.54, 1.807) is 6.20 Å². The Labute approximate surface area is 89.3 Å². The Bertz CT molecular complexity index is 482. The number of hydrogen-bond acceptors (Lipinski definition) is 3. The van der Waals surface area contributed by atoms with Gasteiger partial charge < -0.3 is 0 Å². The van der Waals surface area contributed by atoms with E-state index in [0.717, 1.165) is 16.7 Å². The van der Waals surface area contributed by atoms with Gasteiger partial charge in [0.1, 0.15) is 0 Å². The van der Waals surface area contributed by atoms with E-state index in [0.29, 0.717) is 19.5 Å². The smallest absolute Gasteiger partial charge is 0.235 e. The maximum atomic E-state index is 11.6. The van der Waals surface area contributed by atoms with E-state index in [1.807, 2.05) is 12.1 Å². The maximum Gasteiger partial charge on any atom is 0.235 e. The van der Waals surface area contributed by atoms with Gasteiger partial charge in [0, 0.05) is 36.8 Å². The number of pyridine rings is 1. The summed E-state index contributed by atoms with van der Waals surface area (Å²) in [5, 5.41) is 0.994. The quantitative estimate of drug-likeness (QED) is 0.750. The van der Waals surface area contributed by atoms with Crippen molar-refractivity contribution in [2.45, 2.75) is 13.0 Å². The molecule has 0 spiro atoms. The molecule has 5 heteroatoms. The first kappa shape index (κ1) is 10.3. The predicted molar refractivity (Wildman–Crippen MR) is 57.5 cm³/mol. The number of nitrogens with zero attached hydrogens (tertiary/aromatic N) is 2. The van der Waals surface area contributed by atoms with Crippen LogP contribution in [0.2, 0.25) is 0 Å². The molecule has 0 fully saturated rings. The van der Waals surface area contributed by atoms with E-state index in [1.165, 1.54) is 4.31 Å². The van der Waals surface area contributed by atoms with Crippen molar-refractivity contribution < 1.29 is 8.42 Å². The minimum absolute atomic E-state index is 0.400. The fourth-order valence-corrected chi connectivity index (χ4v) is 2.54. The lowest BCUT2D eigenvalue weighted by Gasteiger charge is -2.25. The zero-order valence-electron chi connectivity index (χ0n) is 8.26. The van der Waals surface area contributed by atoms with Gasteiger partial charge in [-0.25, -0.2) is 8.42 Å². The lowest BCUT2D eigenvalue weighted by atomic mass is 10.1. The summed E-state index contributed by atoms with van der Waals surface area (Å²) in [6.07, 6.45) is 2.40. The third kappa shape index (κ3) is 1.93. The van der Waals surface area contributed by atoms with E-state index >= 15 is 0 Å². The largest absolute Gasteiger partial charge is 0.261 e. The van der Waals surface area contributed by atoms with E-state index in [9.17, 15) is 8.42 Å². The molecule has 0 N–H and O–H groups in total. The Balaban J connectivity index is 2.30.